The van der Waals surface area contributed by atoms with Crippen LogP contribution in [-0.2, 0) is 0 Å². The highest BCUT2D eigenvalue weighted by Crippen LogP contribution is 2.26. The lowest BCUT2D eigenvalue weighted by atomic mass is 10.3. The van der Waals surface area contributed by atoms with Crippen LogP contribution >= 0.6 is 45.2 Å². The number of rotatable bonds is 0. The number of nitrogen functional groups attached to an aromatic ring is 1. The molecule has 0 atom stereocenters. The van der Waals surface area contributed by atoms with Crippen molar-refractivity contribution in [2.75, 3.05) is 5.73 Å². The average Bonchev–Trinajstić information content (AvgIpc) is 1.84. The Kier molecular flexibility index (Phi) is 2.61. The fourth-order valence-electron chi connectivity index (χ4n) is 0.552. The van der Waals surface area contributed by atoms with Gasteiger partial charge in [0.15, 0.2) is 0 Å². The van der Waals surface area contributed by atoms with E-state index in [-0.39, 0.29) is 5.75 Å². The number of nitrogens with two attached hydrogens (primary N) is 1. The standard InChI is InChI=1S/C6H5I2NO/c7-3-1-5(9)6(10)2-4(3)8/h1-2,10H,9H2. The predicted molar refractivity (Wildman–Crippen MR) is 58.0 cm³/mol. The van der Waals surface area contributed by atoms with Crippen molar-refractivity contribution < 1.29 is 5.11 Å². The van der Waals surface area contributed by atoms with E-state index in [1.165, 1.54) is 0 Å². The molecule has 0 fully saturated rings. The first-order valence-electron chi connectivity index (χ1n) is 2.54. The first kappa shape index (κ1) is 8.38. The van der Waals surface area contributed by atoms with E-state index >= 15 is 0 Å². The van der Waals surface area contributed by atoms with Crippen molar-refractivity contribution in [2.45, 2.75) is 0 Å². The van der Waals surface area contributed by atoms with Gasteiger partial charge in [-0.3, -0.25) is 0 Å². The van der Waals surface area contributed by atoms with Gasteiger partial charge in [0.05, 0.1) is 5.69 Å². The van der Waals surface area contributed by atoms with Crippen LogP contribution in [0.2, 0.25) is 0 Å². The molecule has 0 aromatic heterocycles. The maximum atomic E-state index is 9.09. The molecule has 0 spiro atoms. The number of phenolic OH excluding ortho intramolecular Hbond substituents is 1. The van der Waals surface area contributed by atoms with Gasteiger partial charge >= 0.3 is 0 Å². The summed E-state index contributed by atoms with van der Waals surface area (Å²) in [6.45, 7) is 0. The van der Waals surface area contributed by atoms with Crippen molar-refractivity contribution in [2.24, 2.45) is 0 Å². The van der Waals surface area contributed by atoms with Crippen LogP contribution in [0.25, 0.3) is 0 Å². The summed E-state index contributed by atoms with van der Waals surface area (Å²) >= 11 is 4.31. The van der Waals surface area contributed by atoms with Crippen LogP contribution in [0.3, 0.4) is 0 Å². The summed E-state index contributed by atoms with van der Waals surface area (Å²) in [7, 11) is 0. The van der Waals surface area contributed by atoms with Crippen molar-refractivity contribution in [1.82, 2.24) is 0 Å². The van der Waals surface area contributed by atoms with Gasteiger partial charge in [0.1, 0.15) is 5.75 Å². The molecule has 0 aliphatic heterocycles. The lowest BCUT2D eigenvalue weighted by molar-refractivity contribution is 0.477. The van der Waals surface area contributed by atoms with Crippen molar-refractivity contribution in [3.8, 4) is 5.75 Å². The highest BCUT2D eigenvalue weighted by atomic mass is 127. The van der Waals surface area contributed by atoms with E-state index in [4.69, 9.17) is 10.8 Å². The molecule has 0 amide bonds. The van der Waals surface area contributed by atoms with Gasteiger partial charge in [-0.05, 0) is 57.3 Å². The number of hydrogen-bond acceptors (Lipinski definition) is 2. The number of aromatic hydroxyl groups is 1. The van der Waals surface area contributed by atoms with Crippen LogP contribution < -0.4 is 5.73 Å². The summed E-state index contributed by atoms with van der Waals surface area (Å²) in [5.74, 6) is 0.157. The molecule has 0 saturated carbocycles. The molecule has 4 heteroatoms. The number of hydrogen-bond donors (Lipinski definition) is 2. The maximum Gasteiger partial charge on any atom is 0.139 e. The molecule has 1 rings (SSSR count). The SMILES string of the molecule is Nc1cc(I)c(I)cc1O. The number of benzene rings is 1. The topological polar surface area (TPSA) is 46.2 Å². The third-order valence-corrected chi connectivity index (χ3v) is 3.89. The zero-order valence-electron chi connectivity index (χ0n) is 4.94. The zero-order chi connectivity index (χ0) is 7.72. The Morgan fingerprint density at radius 1 is 1.20 bits per heavy atom. The van der Waals surface area contributed by atoms with Gasteiger partial charge in [0.2, 0.25) is 0 Å². The molecular formula is C6H5I2NO. The van der Waals surface area contributed by atoms with Gasteiger partial charge < -0.3 is 10.8 Å². The molecule has 2 nitrogen and oxygen atoms in total. The second kappa shape index (κ2) is 3.12. The van der Waals surface area contributed by atoms with Gasteiger partial charge in [-0.15, -0.1) is 0 Å². The predicted octanol–water partition coefficient (Wildman–Crippen LogP) is 2.18. The minimum Gasteiger partial charge on any atom is -0.506 e. The van der Waals surface area contributed by atoms with Crippen LogP contribution in [0.15, 0.2) is 12.1 Å². The largest absolute Gasteiger partial charge is 0.506 e. The van der Waals surface area contributed by atoms with Crippen molar-refractivity contribution in [3.05, 3.63) is 19.3 Å². The first-order chi connectivity index (χ1) is 4.61. The Hall–Kier alpha value is 0.280. The second-order valence-corrected chi connectivity index (χ2v) is 4.15. The van der Waals surface area contributed by atoms with Gasteiger partial charge in [-0.25, -0.2) is 0 Å². The summed E-state index contributed by atoms with van der Waals surface area (Å²) in [5.41, 5.74) is 5.87. The molecule has 1 aromatic rings. The molecule has 10 heavy (non-hydrogen) atoms. The molecule has 3 N–H and O–H groups in total. The normalized spacial score (nSPS) is 9.80. The van der Waals surface area contributed by atoms with Crippen LogP contribution in [0.1, 0.15) is 0 Å². The smallest absolute Gasteiger partial charge is 0.139 e. The lowest BCUT2D eigenvalue weighted by Gasteiger charge is -2.00. The highest BCUT2D eigenvalue weighted by Gasteiger charge is 2.00. The van der Waals surface area contributed by atoms with Crippen molar-refractivity contribution in [3.63, 3.8) is 0 Å². The number of halogens is 2. The molecule has 0 aliphatic rings. The molecule has 0 bridgehead atoms. The third-order valence-electron chi connectivity index (χ3n) is 1.07. The highest BCUT2D eigenvalue weighted by molar-refractivity contribution is 14.1. The van der Waals surface area contributed by atoms with E-state index in [1.54, 1.807) is 12.1 Å². The van der Waals surface area contributed by atoms with Crippen molar-refractivity contribution >= 4 is 50.9 Å². The summed E-state index contributed by atoms with van der Waals surface area (Å²) in [5, 5.41) is 9.09. The van der Waals surface area contributed by atoms with Gasteiger partial charge in [0, 0.05) is 7.14 Å². The summed E-state index contributed by atoms with van der Waals surface area (Å²) in [6, 6.07) is 3.40. The minimum atomic E-state index is 0.157. The third kappa shape index (κ3) is 1.66. The average molecular weight is 361 g/mol. The monoisotopic (exact) mass is 361 g/mol. The quantitative estimate of drug-likeness (QED) is 0.423. The second-order valence-electron chi connectivity index (χ2n) is 1.83. The Bertz CT molecular complexity index is 212. The maximum absolute atomic E-state index is 9.09. The Labute approximate surface area is 86.1 Å². The molecule has 1 aromatic carbocycles. The molecule has 0 unspecified atom stereocenters. The van der Waals surface area contributed by atoms with E-state index in [9.17, 15) is 0 Å². The van der Waals surface area contributed by atoms with E-state index in [0.717, 1.165) is 7.14 Å². The Morgan fingerprint density at radius 2 is 1.70 bits per heavy atom. The minimum absolute atomic E-state index is 0.157. The van der Waals surface area contributed by atoms with Crippen molar-refractivity contribution in [1.29, 1.82) is 0 Å². The molecule has 54 valence electrons. The Balaban J connectivity index is 3.28. The van der Waals surface area contributed by atoms with Crippen LogP contribution in [-0.4, -0.2) is 5.11 Å². The molecular weight excluding hydrogens is 356 g/mol. The van der Waals surface area contributed by atoms with E-state index in [2.05, 4.69) is 45.2 Å². The lowest BCUT2D eigenvalue weighted by Crippen LogP contribution is -1.88. The van der Waals surface area contributed by atoms with Gasteiger partial charge in [-0.1, -0.05) is 0 Å². The molecule has 0 radical (unpaired) electrons. The molecule has 0 saturated heterocycles. The fourth-order valence-corrected chi connectivity index (χ4v) is 1.49. The van der Waals surface area contributed by atoms with E-state index < -0.39 is 0 Å². The van der Waals surface area contributed by atoms with Gasteiger partial charge in [-0.2, -0.15) is 0 Å². The van der Waals surface area contributed by atoms with Crippen LogP contribution in [0, 0.1) is 7.14 Å². The molecule has 0 heterocycles. The van der Waals surface area contributed by atoms with Gasteiger partial charge in [0.25, 0.3) is 0 Å². The van der Waals surface area contributed by atoms with Crippen LogP contribution in [0.5, 0.6) is 5.75 Å². The first-order valence-corrected chi connectivity index (χ1v) is 4.70. The van der Waals surface area contributed by atoms with E-state index in [0.29, 0.717) is 5.69 Å². The molecule has 0 aliphatic carbocycles. The number of phenols is 1. The Morgan fingerprint density at radius 3 is 2.20 bits per heavy atom. The summed E-state index contributed by atoms with van der Waals surface area (Å²) in [6.07, 6.45) is 0. The summed E-state index contributed by atoms with van der Waals surface area (Å²) in [4.78, 5) is 0. The fraction of sp³-hybridized carbons (Fsp3) is 0. The number of anilines is 1. The van der Waals surface area contributed by atoms with Crippen LogP contribution in [0.4, 0.5) is 5.69 Å². The van der Waals surface area contributed by atoms with E-state index in [1.807, 2.05) is 0 Å². The summed E-state index contributed by atoms with van der Waals surface area (Å²) < 4.78 is 2.08. The zero-order valence-corrected chi connectivity index (χ0v) is 9.25.